The van der Waals surface area contributed by atoms with Crippen LogP contribution in [0, 0.1) is 19.8 Å². The SMILES string of the molecule is Cc1noc(C)c1CC(=O)NCCC(C)C. The zero-order valence-electron chi connectivity index (χ0n) is 10.5. The average Bonchev–Trinajstić information content (AvgIpc) is 2.49. The van der Waals surface area contributed by atoms with E-state index in [2.05, 4.69) is 24.3 Å². The third-order valence-electron chi connectivity index (χ3n) is 2.56. The van der Waals surface area contributed by atoms with Crippen LogP contribution in [0.25, 0.3) is 0 Å². The Morgan fingerprint density at radius 1 is 1.44 bits per heavy atom. The third-order valence-corrected chi connectivity index (χ3v) is 2.56. The van der Waals surface area contributed by atoms with Crippen molar-refractivity contribution in [1.29, 1.82) is 0 Å². The van der Waals surface area contributed by atoms with Gasteiger partial charge in [0.15, 0.2) is 0 Å². The van der Waals surface area contributed by atoms with E-state index in [1.807, 2.05) is 13.8 Å². The molecule has 4 heteroatoms. The Balaban J connectivity index is 2.40. The summed E-state index contributed by atoms with van der Waals surface area (Å²) in [6.45, 7) is 8.70. The Bertz CT molecular complexity index is 336. The molecule has 1 N–H and O–H groups in total. The molecule has 0 atom stereocenters. The van der Waals surface area contributed by atoms with Crippen LogP contribution >= 0.6 is 0 Å². The first kappa shape index (κ1) is 12.7. The number of nitrogens with one attached hydrogen (secondary N) is 1. The molecule has 0 radical (unpaired) electrons. The van der Waals surface area contributed by atoms with Gasteiger partial charge < -0.3 is 9.84 Å². The van der Waals surface area contributed by atoms with E-state index >= 15 is 0 Å². The van der Waals surface area contributed by atoms with Crippen molar-refractivity contribution >= 4 is 5.91 Å². The van der Waals surface area contributed by atoms with Gasteiger partial charge >= 0.3 is 0 Å². The number of carbonyl (C=O) groups is 1. The molecule has 4 nitrogen and oxygen atoms in total. The van der Waals surface area contributed by atoms with Crippen molar-refractivity contribution in [2.45, 2.75) is 40.5 Å². The molecule has 0 fully saturated rings. The molecule has 16 heavy (non-hydrogen) atoms. The van der Waals surface area contributed by atoms with Crippen LogP contribution in [-0.2, 0) is 11.2 Å². The Hall–Kier alpha value is -1.32. The van der Waals surface area contributed by atoms with E-state index in [0.29, 0.717) is 12.3 Å². The zero-order chi connectivity index (χ0) is 12.1. The van der Waals surface area contributed by atoms with Gasteiger partial charge in [0.05, 0.1) is 12.1 Å². The summed E-state index contributed by atoms with van der Waals surface area (Å²) < 4.78 is 5.01. The summed E-state index contributed by atoms with van der Waals surface area (Å²) >= 11 is 0. The van der Waals surface area contributed by atoms with E-state index in [-0.39, 0.29) is 5.91 Å². The Morgan fingerprint density at radius 3 is 2.62 bits per heavy atom. The van der Waals surface area contributed by atoms with Crippen molar-refractivity contribution in [3.63, 3.8) is 0 Å². The van der Waals surface area contributed by atoms with Crippen molar-refractivity contribution < 1.29 is 9.32 Å². The number of aromatic nitrogens is 1. The average molecular weight is 224 g/mol. The first-order valence-electron chi connectivity index (χ1n) is 5.69. The predicted molar refractivity (Wildman–Crippen MR) is 62.1 cm³/mol. The molecular weight excluding hydrogens is 204 g/mol. The van der Waals surface area contributed by atoms with Crippen molar-refractivity contribution in [3.05, 3.63) is 17.0 Å². The monoisotopic (exact) mass is 224 g/mol. The number of hydrogen-bond donors (Lipinski definition) is 1. The first-order chi connectivity index (χ1) is 7.50. The minimum absolute atomic E-state index is 0.0371. The van der Waals surface area contributed by atoms with Crippen molar-refractivity contribution in [2.24, 2.45) is 5.92 Å². The van der Waals surface area contributed by atoms with E-state index in [9.17, 15) is 4.79 Å². The smallest absolute Gasteiger partial charge is 0.224 e. The van der Waals surface area contributed by atoms with E-state index in [0.717, 1.165) is 30.0 Å². The molecule has 1 heterocycles. The van der Waals surface area contributed by atoms with Gasteiger partial charge in [0.25, 0.3) is 0 Å². The van der Waals surface area contributed by atoms with Gasteiger partial charge in [0.2, 0.25) is 5.91 Å². The lowest BCUT2D eigenvalue weighted by Gasteiger charge is -2.06. The molecule has 0 saturated heterocycles. The molecular formula is C12H20N2O2. The normalized spacial score (nSPS) is 10.8. The summed E-state index contributed by atoms with van der Waals surface area (Å²) in [5.41, 5.74) is 1.71. The lowest BCUT2D eigenvalue weighted by molar-refractivity contribution is -0.120. The molecule has 0 spiro atoms. The quantitative estimate of drug-likeness (QED) is 0.832. The van der Waals surface area contributed by atoms with Crippen LogP contribution in [0.4, 0.5) is 0 Å². The highest BCUT2D eigenvalue weighted by Crippen LogP contribution is 2.12. The standard InChI is InChI=1S/C12H20N2O2/c1-8(2)5-6-13-12(15)7-11-9(3)14-16-10(11)4/h8H,5-7H2,1-4H3,(H,13,15). The Morgan fingerprint density at radius 2 is 2.12 bits per heavy atom. The molecule has 0 aromatic carbocycles. The maximum Gasteiger partial charge on any atom is 0.224 e. The molecule has 90 valence electrons. The number of nitrogens with zero attached hydrogens (tertiary/aromatic N) is 1. The Labute approximate surface area is 96.4 Å². The summed E-state index contributed by atoms with van der Waals surface area (Å²) in [5.74, 6) is 1.38. The summed E-state index contributed by atoms with van der Waals surface area (Å²) in [5, 5.41) is 6.72. The highest BCUT2D eigenvalue weighted by atomic mass is 16.5. The number of aryl methyl sites for hydroxylation is 2. The van der Waals surface area contributed by atoms with Gasteiger partial charge in [-0.3, -0.25) is 4.79 Å². The maximum atomic E-state index is 11.6. The second-order valence-electron chi connectivity index (χ2n) is 4.51. The lowest BCUT2D eigenvalue weighted by Crippen LogP contribution is -2.27. The first-order valence-corrected chi connectivity index (χ1v) is 5.69. The van der Waals surface area contributed by atoms with E-state index in [1.165, 1.54) is 0 Å². The van der Waals surface area contributed by atoms with Crippen LogP contribution in [0.5, 0.6) is 0 Å². The van der Waals surface area contributed by atoms with Crippen molar-refractivity contribution in [2.75, 3.05) is 6.54 Å². The minimum atomic E-state index is 0.0371. The minimum Gasteiger partial charge on any atom is -0.361 e. The summed E-state index contributed by atoms with van der Waals surface area (Å²) in [6.07, 6.45) is 1.37. The summed E-state index contributed by atoms with van der Waals surface area (Å²) in [6, 6.07) is 0. The topological polar surface area (TPSA) is 55.1 Å². The molecule has 1 amide bonds. The van der Waals surface area contributed by atoms with Crippen LogP contribution in [0.15, 0.2) is 4.52 Å². The highest BCUT2D eigenvalue weighted by Gasteiger charge is 2.12. The van der Waals surface area contributed by atoms with Gasteiger partial charge in [-0.15, -0.1) is 0 Å². The molecule has 0 aliphatic carbocycles. The largest absolute Gasteiger partial charge is 0.361 e. The maximum absolute atomic E-state index is 11.6. The fourth-order valence-electron chi connectivity index (χ4n) is 1.48. The van der Waals surface area contributed by atoms with Crippen LogP contribution in [-0.4, -0.2) is 17.6 Å². The van der Waals surface area contributed by atoms with E-state index in [1.54, 1.807) is 0 Å². The van der Waals surface area contributed by atoms with Gasteiger partial charge in [-0.05, 0) is 26.2 Å². The zero-order valence-corrected chi connectivity index (χ0v) is 10.5. The highest BCUT2D eigenvalue weighted by molar-refractivity contribution is 5.78. The number of amides is 1. The molecule has 1 aromatic rings. The van der Waals surface area contributed by atoms with Crippen molar-refractivity contribution in [3.8, 4) is 0 Å². The number of carbonyl (C=O) groups excluding carboxylic acids is 1. The Kier molecular flexibility index (Phi) is 4.52. The predicted octanol–water partition coefficient (Wildman–Crippen LogP) is 2.00. The van der Waals surface area contributed by atoms with Gasteiger partial charge in [0, 0.05) is 12.1 Å². The lowest BCUT2D eigenvalue weighted by atomic mass is 10.1. The van der Waals surface area contributed by atoms with Crippen LogP contribution in [0.2, 0.25) is 0 Å². The fraction of sp³-hybridized carbons (Fsp3) is 0.667. The van der Waals surface area contributed by atoms with E-state index in [4.69, 9.17) is 4.52 Å². The van der Waals surface area contributed by atoms with Crippen LogP contribution < -0.4 is 5.32 Å². The molecule has 1 rings (SSSR count). The second-order valence-corrected chi connectivity index (χ2v) is 4.51. The number of rotatable bonds is 5. The van der Waals surface area contributed by atoms with Gasteiger partial charge in [-0.1, -0.05) is 19.0 Å². The fourth-order valence-corrected chi connectivity index (χ4v) is 1.48. The van der Waals surface area contributed by atoms with Crippen molar-refractivity contribution in [1.82, 2.24) is 10.5 Å². The van der Waals surface area contributed by atoms with Gasteiger partial charge in [-0.25, -0.2) is 0 Å². The third kappa shape index (κ3) is 3.68. The molecule has 0 saturated carbocycles. The van der Waals surface area contributed by atoms with Crippen LogP contribution in [0.1, 0.15) is 37.3 Å². The number of hydrogen-bond acceptors (Lipinski definition) is 3. The molecule has 1 aromatic heterocycles. The molecule has 0 bridgehead atoms. The molecule has 0 aliphatic rings. The molecule has 0 aliphatic heterocycles. The molecule has 0 unspecified atom stereocenters. The summed E-state index contributed by atoms with van der Waals surface area (Å²) in [7, 11) is 0. The van der Waals surface area contributed by atoms with E-state index < -0.39 is 0 Å². The summed E-state index contributed by atoms with van der Waals surface area (Å²) in [4.78, 5) is 11.6. The van der Waals surface area contributed by atoms with Gasteiger partial charge in [0.1, 0.15) is 5.76 Å². The van der Waals surface area contributed by atoms with Gasteiger partial charge in [-0.2, -0.15) is 0 Å². The second kappa shape index (κ2) is 5.68. The van der Waals surface area contributed by atoms with Crippen LogP contribution in [0.3, 0.4) is 0 Å².